The summed E-state index contributed by atoms with van der Waals surface area (Å²) in [6.45, 7) is 0.736. The van der Waals surface area contributed by atoms with Crippen LogP contribution < -0.4 is 4.18 Å². The summed E-state index contributed by atoms with van der Waals surface area (Å²) in [7, 11) is -3.03. The van der Waals surface area contributed by atoms with E-state index in [1.54, 1.807) is 6.07 Å². The molecule has 0 radical (unpaired) electrons. The van der Waals surface area contributed by atoms with E-state index >= 15 is 0 Å². The zero-order valence-corrected chi connectivity index (χ0v) is 20.8. The molecule has 0 aliphatic rings. The summed E-state index contributed by atoms with van der Waals surface area (Å²) in [5.74, 6) is -0.398. The lowest BCUT2D eigenvalue weighted by Crippen LogP contribution is -2.36. The molecule has 11 heteroatoms. The van der Waals surface area contributed by atoms with Crippen LogP contribution in [0.25, 0.3) is 0 Å². The Morgan fingerprint density at radius 2 is 1.62 bits per heavy atom. The van der Waals surface area contributed by atoms with E-state index in [0.717, 1.165) is 23.8 Å². The summed E-state index contributed by atoms with van der Waals surface area (Å²) in [5.41, 5.74) is 0.363. The van der Waals surface area contributed by atoms with Crippen LogP contribution in [-0.4, -0.2) is 46.1 Å². The Balaban J connectivity index is 1.69. The number of methoxy groups -OCH3 is 1. The van der Waals surface area contributed by atoms with Gasteiger partial charge in [0.25, 0.3) is 0 Å². The van der Waals surface area contributed by atoms with Gasteiger partial charge in [0.2, 0.25) is 5.91 Å². The molecule has 198 valence electrons. The Bertz CT molecular complexity index is 1280. The first-order valence-corrected chi connectivity index (χ1v) is 12.6. The Hall–Kier alpha value is -3.41. The second-order valence-electron chi connectivity index (χ2n) is 8.00. The Morgan fingerprint density at radius 1 is 0.919 bits per heavy atom. The molecule has 0 spiro atoms. The van der Waals surface area contributed by atoms with Crippen molar-refractivity contribution in [2.75, 3.05) is 26.9 Å². The van der Waals surface area contributed by atoms with Crippen molar-refractivity contribution in [3.8, 4) is 5.75 Å². The van der Waals surface area contributed by atoms with E-state index in [0.29, 0.717) is 11.6 Å². The number of ether oxygens (including phenoxy) is 2. The number of benzene rings is 3. The quantitative estimate of drug-likeness (QED) is 0.313. The first kappa shape index (κ1) is 28.2. The Labute approximate surface area is 213 Å². The number of alkyl halides is 3. The van der Waals surface area contributed by atoms with Gasteiger partial charge in [-0.05, 0) is 41.5 Å². The summed E-state index contributed by atoms with van der Waals surface area (Å²) in [6, 6.07) is 18.6. The molecule has 0 fully saturated rings. The van der Waals surface area contributed by atoms with Gasteiger partial charge >= 0.3 is 16.3 Å². The number of amides is 1. The average molecular weight is 538 g/mol. The van der Waals surface area contributed by atoms with E-state index in [2.05, 4.69) is 0 Å². The predicted molar refractivity (Wildman–Crippen MR) is 129 cm³/mol. The fraction of sp³-hybridized carbons (Fsp3) is 0.269. The van der Waals surface area contributed by atoms with Crippen molar-refractivity contribution in [3.63, 3.8) is 0 Å². The van der Waals surface area contributed by atoms with Crippen molar-refractivity contribution >= 4 is 16.0 Å². The predicted octanol–water partition coefficient (Wildman–Crippen LogP) is 4.66. The first-order chi connectivity index (χ1) is 17.6. The second kappa shape index (κ2) is 12.7. The maximum atomic E-state index is 13.0. The summed E-state index contributed by atoms with van der Waals surface area (Å²) < 4.78 is 79.9. The third-order valence-electron chi connectivity index (χ3n) is 5.18. The zero-order valence-electron chi connectivity index (χ0n) is 20.0. The maximum absolute atomic E-state index is 13.0. The zero-order chi connectivity index (χ0) is 26.9. The van der Waals surface area contributed by atoms with Gasteiger partial charge in [0.05, 0.1) is 18.8 Å². The van der Waals surface area contributed by atoms with Crippen LogP contribution in [0.4, 0.5) is 13.2 Å². The minimum Gasteiger partial charge on any atom is -0.383 e. The summed E-state index contributed by atoms with van der Waals surface area (Å²) >= 11 is 0. The second-order valence-corrected chi connectivity index (χ2v) is 9.54. The molecule has 0 saturated heterocycles. The highest BCUT2D eigenvalue weighted by molar-refractivity contribution is 7.87. The molecule has 0 aromatic heterocycles. The lowest BCUT2D eigenvalue weighted by atomic mass is 10.2. The monoisotopic (exact) mass is 537 g/mol. The number of hydrogen-bond donors (Lipinski definition) is 0. The highest BCUT2D eigenvalue weighted by atomic mass is 32.2. The van der Waals surface area contributed by atoms with Gasteiger partial charge in [-0.25, -0.2) is 0 Å². The molecule has 3 rings (SSSR count). The van der Waals surface area contributed by atoms with Crippen molar-refractivity contribution < 1.29 is 40.0 Å². The Kier molecular flexibility index (Phi) is 9.67. The van der Waals surface area contributed by atoms with Crippen LogP contribution in [0.15, 0.2) is 83.8 Å². The number of halogens is 3. The SMILES string of the molecule is COCCN(Cc1cccc(OS(=O)(=O)c2cccc(C(F)(F)F)c2)c1)C(=O)COCc1ccccc1. The normalized spacial score (nSPS) is 11.8. The van der Waals surface area contributed by atoms with Crippen molar-refractivity contribution in [2.45, 2.75) is 24.2 Å². The number of hydrogen-bond acceptors (Lipinski definition) is 6. The van der Waals surface area contributed by atoms with Crippen molar-refractivity contribution in [3.05, 3.63) is 95.6 Å². The van der Waals surface area contributed by atoms with Gasteiger partial charge in [0, 0.05) is 20.2 Å². The van der Waals surface area contributed by atoms with Gasteiger partial charge in [-0.3, -0.25) is 4.79 Å². The van der Waals surface area contributed by atoms with Crippen molar-refractivity contribution in [1.82, 2.24) is 4.90 Å². The Morgan fingerprint density at radius 3 is 2.32 bits per heavy atom. The lowest BCUT2D eigenvalue weighted by Gasteiger charge is -2.23. The van der Waals surface area contributed by atoms with Gasteiger partial charge in [-0.1, -0.05) is 48.5 Å². The molecule has 0 bridgehead atoms. The first-order valence-electron chi connectivity index (χ1n) is 11.2. The smallest absolute Gasteiger partial charge is 0.383 e. The number of nitrogens with zero attached hydrogens (tertiary/aromatic N) is 1. The molecular formula is C26H26F3NO6S. The fourth-order valence-corrected chi connectivity index (χ4v) is 4.30. The number of rotatable bonds is 12. The molecule has 0 unspecified atom stereocenters. The van der Waals surface area contributed by atoms with Gasteiger partial charge in [0.15, 0.2) is 0 Å². The molecule has 1 amide bonds. The standard InChI is InChI=1S/C26H26F3NO6S/c1-34-14-13-30(25(31)19-35-18-20-7-3-2-4-8-20)17-21-9-5-11-23(15-21)36-37(32,33)24-12-6-10-22(16-24)26(27,28)29/h2-12,15-16H,13-14,17-19H2,1H3. The minimum absolute atomic E-state index is 0.102. The number of carbonyl (C=O) groups is 1. The molecule has 0 saturated carbocycles. The van der Waals surface area contributed by atoms with E-state index in [1.165, 1.54) is 30.2 Å². The minimum atomic E-state index is -4.70. The summed E-state index contributed by atoms with van der Waals surface area (Å²) in [5, 5.41) is 0. The third kappa shape index (κ3) is 8.59. The topological polar surface area (TPSA) is 82.1 Å². The molecule has 0 N–H and O–H groups in total. The molecule has 7 nitrogen and oxygen atoms in total. The largest absolute Gasteiger partial charge is 0.416 e. The molecule has 3 aromatic rings. The highest BCUT2D eigenvalue weighted by Crippen LogP contribution is 2.31. The summed E-state index contributed by atoms with van der Waals surface area (Å²) in [6.07, 6.45) is -4.70. The molecular weight excluding hydrogens is 511 g/mol. The third-order valence-corrected chi connectivity index (χ3v) is 6.43. The summed E-state index contributed by atoms with van der Waals surface area (Å²) in [4.78, 5) is 13.7. The van der Waals surface area contributed by atoms with Gasteiger partial charge in [-0.2, -0.15) is 21.6 Å². The molecule has 0 atom stereocenters. The van der Waals surface area contributed by atoms with E-state index in [9.17, 15) is 26.4 Å². The van der Waals surface area contributed by atoms with Crippen LogP contribution in [0, 0.1) is 0 Å². The van der Waals surface area contributed by atoms with E-state index in [4.69, 9.17) is 13.7 Å². The molecule has 3 aromatic carbocycles. The highest BCUT2D eigenvalue weighted by Gasteiger charge is 2.32. The van der Waals surface area contributed by atoms with Crippen LogP contribution in [0.1, 0.15) is 16.7 Å². The molecule has 0 aliphatic heterocycles. The molecule has 0 aliphatic carbocycles. The van der Waals surface area contributed by atoms with Crippen molar-refractivity contribution in [2.24, 2.45) is 0 Å². The molecule has 0 heterocycles. The van der Waals surface area contributed by atoms with Gasteiger partial charge < -0.3 is 18.6 Å². The van der Waals surface area contributed by atoms with E-state index < -0.39 is 26.8 Å². The van der Waals surface area contributed by atoms with Crippen LogP contribution in [0.3, 0.4) is 0 Å². The lowest BCUT2D eigenvalue weighted by molar-refractivity contribution is -0.138. The molecule has 37 heavy (non-hydrogen) atoms. The average Bonchev–Trinajstić information content (AvgIpc) is 2.86. The van der Waals surface area contributed by atoms with Crippen LogP contribution in [-0.2, 0) is 43.7 Å². The van der Waals surface area contributed by atoms with Crippen LogP contribution >= 0.6 is 0 Å². The van der Waals surface area contributed by atoms with Gasteiger partial charge in [0.1, 0.15) is 17.3 Å². The van der Waals surface area contributed by atoms with Crippen LogP contribution in [0.5, 0.6) is 5.75 Å². The van der Waals surface area contributed by atoms with Crippen molar-refractivity contribution in [1.29, 1.82) is 0 Å². The van der Waals surface area contributed by atoms with E-state index in [1.807, 2.05) is 30.3 Å². The maximum Gasteiger partial charge on any atom is 0.416 e. The fourth-order valence-electron chi connectivity index (χ4n) is 3.33. The number of carbonyl (C=O) groups excluding carboxylic acids is 1. The van der Waals surface area contributed by atoms with E-state index in [-0.39, 0.29) is 44.6 Å². The van der Waals surface area contributed by atoms with Crippen LogP contribution in [0.2, 0.25) is 0 Å². The van der Waals surface area contributed by atoms with Gasteiger partial charge in [-0.15, -0.1) is 0 Å².